The van der Waals surface area contributed by atoms with Crippen molar-refractivity contribution in [1.82, 2.24) is 19.9 Å². The van der Waals surface area contributed by atoms with E-state index in [1.165, 1.54) is 36.1 Å². The number of likely N-dealkylation sites (N-methyl/N-ethyl adjacent to an activating group) is 1. The Morgan fingerprint density at radius 3 is 2.78 bits per heavy atom. The number of hydrogen-bond acceptors (Lipinski definition) is 7. The van der Waals surface area contributed by atoms with Crippen LogP contribution in [0.15, 0.2) is 18.5 Å². The maximum atomic E-state index is 7.35. The maximum Gasteiger partial charge on any atom is 0.318 e. The second-order valence-electron chi connectivity index (χ2n) is 11.0. The molecule has 0 amide bonds. The Morgan fingerprint density at radius 2 is 1.97 bits per heavy atom. The fourth-order valence-electron chi connectivity index (χ4n) is 6.22. The molecule has 2 aromatic heterocycles. The molecule has 0 spiro atoms. The van der Waals surface area contributed by atoms with Gasteiger partial charge in [-0.3, -0.25) is 4.98 Å². The number of anilines is 2. The van der Waals surface area contributed by atoms with Gasteiger partial charge in [0.25, 0.3) is 0 Å². The summed E-state index contributed by atoms with van der Waals surface area (Å²) < 4.78 is 6.28. The summed E-state index contributed by atoms with van der Waals surface area (Å²) in [5, 5.41) is 0. The number of hydrogen-bond donors (Lipinski definition) is 0. The van der Waals surface area contributed by atoms with E-state index in [1.807, 2.05) is 12.4 Å². The van der Waals surface area contributed by atoms with Gasteiger partial charge >= 0.3 is 6.01 Å². The van der Waals surface area contributed by atoms with Crippen molar-refractivity contribution in [3.05, 3.63) is 46.7 Å². The quantitative estimate of drug-likeness (QED) is 0.549. The molecule has 2 aromatic rings. The zero-order valence-corrected chi connectivity index (χ0v) is 21.4. The van der Waals surface area contributed by atoms with Gasteiger partial charge in [0.15, 0.2) is 0 Å². The average Bonchev–Trinajstić information content (AvgIpc) is 3.68. The Bertz CT molecular complexity index is 1130. The van der Waals surface area contributed by atoms with E-state index in [-0.39, 0.29) is 0 Å². The van der Waals surface area contributed by atoms with Crippen molar-refractivity contribution in [3.8, 4) is 6.01 Å². The number of ether oxygens (including phenoxy) is 1. The fourth-order valence-corrected chi connectivity index (χ4v) is 6.22. The molecule has 0 unspecified atom stereocenters. The van der Waals surface area contributed by atoms with E-state index in [0.29, 0.717) is 37.0 Å². The summed E-state index contributed by atoms with van der Waals surface area (Å²) in [4.78, 5) is 25.4. The van der Waals surface area contributed by atoms with Gasteiger partial charge in [-0.25, -0.2) is 6.57 Å². The second-order valence-corrected chi connectivity index (χ2v) is 11.0. The number of aromatic nitrogens is 3. The smallest absolute Gasteiger partial charge is 0.318 e. The molecule has 2 atom stereocenters. The van der Waals surface area contributed by atoms with Crippen molar-refractivity contribution in [2.75, 3.05) is 56.2 Å². The minimum atomic E-state index is 0.412. The first kappa shape index (κ1) is 23.5. The van der Waals surface area contributed by atoms with Crippen LogP contribution in [0.2, 0.25) is 0 Å². The van der Waals surface area contributed by atoms with Gasteiger partial charge in [-0.15, -0.1) is 0 Å². The van der Waals surface area contributed by atoms with Gasteiger partial charge in [-0.2, -0.15) is 9.97 Å². The molecule has 4 aliphatic rings. The van der Waals surface area contributed by atoms with Crippen molar-refractivity contribution in [2.45, 2.75) is 63.5 Å². The molecule has 5 heterocycles. The predicted octanol–water partition coefficient (Wildman–Crippen LogP) is 3.92. The largest absolute Gasteiger partial charge is 0.462 e. The highest BCUT2D eigenvalue weighted by atomic mass is 16.5. The predicted molar refractivity (Wildman–Crippen MR) is 141 cm³/mol. The highest BCUT2D eigenvalue weighted by molar-refractivity contribution is 5.59. The molecule has 6 rings (SSSR count). The Hall–Kier alpha value is -2.92. The molecule has 2 saturated heterocycles. The van der Waals surface area contributed by atoms with E-state index in [9.17, 15) is 0 Å². The van der Waals surface area contributed by atoms with Crippen LogP contribution < -0.4 is 14.5 Å². The molecular formula is C28H37N7O. The van der Waals surface area contributed by atoms with Crippen molar-refractivity contribution in [3.63, 3.8) is 0 Å². The average molecular weight is 488 g/mol. The molecule has 0 bridgehead atoms. The minimum Gasteiger partial charge on any atom is -0.462 e. The van der Waals surface area contributed by atoms with E-state index < -0.39 is 0 Å². The standard InChI is InChI=1S/C28H37N7O/c1-29-15-20-5-3-13-35(17-20)27-24-10-14-34(26-16-30-11-9-23(26)21-7-8-21)18-25(24)31-28(32-27)36-19-22-6-4-12-33(22)2/h9,11,16,20-22H,3-8,10,12-15,17-19H2,2H3/t20-,22-/m0/s1. The van der Waals surface area contributed by atoms with Crippen molar-refractivity contribution in [2.24, 2.45) is 5.92 Å². The number of likely N-dealkylation sites (tertiary alicyclic amines) is 1. The monoisotopic (exact) mass is 487 g/mol. The first-order chi connectivity index (χ1) is 17.7. The number of pyridine rings is 1. The van der Waals surface area contributed by atoms with E-state index in [0.717, 1.165) is 69.9 Å². The number of fused-ring (bicyclic) bond motifs is 1. The normalized spacial score (nSPS) is 24.4. The molecule has 3 fully saturated rings. The van der Waals surface area contributed by atoms with Gasteiger partial charge < -0.3 is 24.3 Å². The summed E-state index contributed by atoms with van der Waals surface area (Å²) in [7, 11) is 2.18. The van der Waals surface area contributed by atoms with Gasteiger partial charge in [0.1, 0.15) is 12.4 Å². The lowest BCUT2D eigenvalue weighted by Gasteiger charge is -2.36. The van der Waals surface area contributed by atoms with Crippen molar-refractivity contribution < 1.29 is 4.74 Å². The zero-order valence-electron chi connectivity index (χ0n) is 21.4. The number of piperidine rings is 1. The minimum absolute atomic E-state index is 0.412. The maximum absolute atomic E-state index is 7.35. The Labute approximate surface area is 214 Å². The van der Waals surface area contributed by atoms with Gasteiger partial charge in [-0.05, 0) is 76.1 Å². The van der Waals surface area contributed by atoms with E-state index in [4.69, 9.17) is 21.3 Å². The summed E-state index contributed by atoms with van der Waals surface area (Å²) >= 11 is 0. The summed E-state index contributed by atoms with van der Waals surface area (Å²) in [6.45, 7) is 13.3. The molecule has 0 radical (unpaired) electrons. The lowest BCUT2D eigenvalue weighted by atomic mass is 9.96. The third-order valence-corrected chi connectivity index (χ3v) is 8.46. The highest BCUT2D eigenvalue weighted by Crippen LogP contribution is 2.45. The zero-order chi connectivity index (χ0) is 24.5. The van der Waals surface area contributed by atoms with Crippen LogP contribution in [0.1, 0.15) is 61.3 Å². The van der Waals surface area contributed by atoms with E-state index in [1.54, 1.807) is 0 Å². The fraction of sp³-hybridized carbons (Fsp3) is 0.643. The number of nitrogens with zero attached hydrogens (tertiary/aromatic N) is 7. The Kier molecular flexibility index (Phi) is 6.66. The van der Waals surface area contributed by atoms with Crippen LogP contribution in [-0.4, -0.2) is 72.3 Å². The third kappa shape index (κ3) is 4.86. The number of rotatable bonds is 7. The molecule has 0 N–H and O–H groups in total. The summed E-state index contributed by atoms with van der Waals surface area (Å²) in [6.07, 6.45) is 12.1. The molecular weight excluding hydrogens is 450 g/mol. The molecule has 8 heteroatoms. The van der Waals surface area contributed by atoms with Crippen LogP contribution in [0.3, 0.4) is 0 Å². The molecule has 8 nitrogen and oxygen atoms in total. The van der Waals surface area contributed by atoms with Crippen LogP contribution in [0.25, 0.3) is 4.85 Å². The SMILES string of the molecule is [C-]#[N+]C[C@@H]1CCCN(c2nc(OC[C@@H]3CCCN3C)nc3c2CCN(c2cnccc2C2CC2)C3)C1. The van der Waals surface area contributed by atoms with Crippen molar-refractivity contribution in [1.29, 1.82) is 0 Å². The van der Waals surface area contributed by atoms with Crippen LogP contribution in [0.4, 0.5) is 11.5 Å². The summed E-state index contributed by atoms with van der Waals surface area (Å²) in [6, 6.07) is 3.14. The third-order valence-electron chi connectivity index (χ3n) is 8.46. The summed E-state index contributed by atoms with van der Waals surface area (Å²) in [5.74, 6) is 2.13. The van der Waals surface area contributed by atoms with Gasteiger partial charge in [0, 0.05) is 43.4 Å². The first-order valence-corrected chi connectivity index (χ1v) is 13.7. The van der Waals surface area contributed by atoms with Gasteiger partial charge in [0.2, 0.25) is 6.54 Å². The molecule has 36 heavy (non-hydrogen) atoms. The Balaban J connectivity index is 1.29. The highest BCUT2D eigenvalue weighted by Gasteiger charge is 2.32. The van der Waals surface area contributed by atoms with Crippen LogP contribution in [-0.2, 0) is 13.0 Å². The van der Waals surface area contributed by atoms with Crippen LogP contribution in [0.5, 0.6) is 6.01 Å². The molecule has 0 aromatic carbocycles. The van der Waals surface area contributed by atoms with E-state index in [2.05, 4.69) is 37.6 Å². The lowest BCUT2D eigenvalue weighted by molar-refractivity contribution is 0.187. The Morgan fingerprint density at radius 1 is 1.08 bits per heavy atom. The second kappa shape index (κ2) is 10.2. The first-order valence-electron chi connectivity index (χ1n) is 13.7. The summed E-state index contributed by atoms with van der Waals surface area (Å²) in [5.41, 5.74) is 5.04. The topological polar surface area (TPSA) is 62.0 Å². The van der Waals surface area contributed by atoms with Crippen LogP contribution >= 0.6 is 0 Å². The van der Waals surface area contributed by atoms with Crippen LogP contribution in [0, 0.1) is 12.5 Å². The lowest BCUT2D eigenvalue weighted by Crippen LogP contribution is -2.40. The molecule has 1 saturated carbocycles. The van der Waals surface area contributed by atoms with E-state index >= 15 is 0 Å². The molecule has 1 aliphatic carbocycles. The molecule has 190 valence electrons. The van der Waals surface area contributed by atoms with Gasteiger partial charge in [0.05, 0.1) is 24.1 Å². The van der Waals surface area contributed by atoms with Gasteiger partial charge in [-0.1, -0.05) is 0 Å². The van der Waals surface area contributed by atoms with Crippen molar-refractivity contribution >= 4 is 11.5 Å². The molecule has 3 aliphatic heterocycles.